The van der Waals surface area contributed by atoms with Gasteiger partial charge in [0.25, 0.3) is 0 Å². The summed E-state index contributed by atoms with van der Waals surface area (Å²) in [6.07, 6.45) is 0.623. The zero-order chi connectivity index (χ0) is 6.69. The van der Waals surface area contributed by atoms with Gasteiger partial charge in [0.15, 0.2) is 5.13 Å². The van der Waals surface area contributed by atoms with Crippen molar-refractivity contribution in [1.29, 1.82) is 0 Å². The molecule has 0 aliphatic rings. The molecule has 1 aromatic heterocycles. The molecule has 9 heavy (non-hydrogen) atoms. The van der Waals surface area contributed by atoms with Gasteiger partial charge in [-0.1, -0.05) is 0 Å². The standard InChI is InChI=1S/C5H6N2OS.H2/c1-4-2-9-5(7-4)6-3-8;/h2-3H,1H3,(H,6,7,8);1H. The van der Waals surface area contributed by atoms with Crippen molar-refractivity contribution in [3.8, 4) is 0 Å². The molecule has 0 unspecified atom stereocenters. The molecular formula is C5H8N2OS. The van der Waals surface area contributed by atoms with Crippen LogP contribution in [0.25, 0.3) is 0 Å². The third kappa shape index (κ3) is 1.50. The molecule has 0 aromatic carbocycles. The van der Waals surface area contributed by atoms with Crippen molar-refractivity contribution >= 4 is 22.9 Å². The number of hydrogen-bond donors (Lipinski definition) is 1. The molecule has 0 saturated carbocycles. The van der Waals surface area contributed by atoms with E-state index in [9.17, 15) is 4.79 Å². The summed E-state index contributed by atoms with van der Waals surface area (Å²) in [7, 11) is 0. The van der Waals surface area contributed by atoms with Crippen molar-refractivity contribution in [3.05, 3.63) is 11.1 Å². The second-order valence-corrected chi connectivity index (χ2v) is 2.41. The highest BCUT2D eigenvalue weighted by Gasteiger charge is 1.92. The predicted molar refractivity (Wildman–Crippen MR) is 38.7 cm³/mol. The first-order valence-electron chi connectivity index (χ1n) is 2.45. The maximum absolute atomic E-state index is 9.84. The van der Waals surface area contributed by atoms with Crippen LogP contribution in [0.3, 0.4) is 0 Å². The first-order chi connectivity index (χ1) is 4.33. The van der Waals surface area contributed by atoms with Crippen LogP contribution < -0.4 is 5.32 Å². The van der Waals surface area contributed by atoms with Gasteiger partial charge >= 0.3 is 0 Å². The van der Waals surface area contributed by atoms with Gasteiger partial charge in [0.1, 0.15) is 0 Å². The Kier molecular flexibility index (Phi) is 1.79. The van der Waals surface area contributed by atoms with Crippen LogP contribution in [0.15, 0.2) is 5.38 Å². The van der Waals surface area contributed by atoms with E-state index >= 15 is 0 Å². The number of aryl methyl sites for hydroxylation is 1. The number of rotatable bonds is 2. The first kappa shape index (κ1) is 6.22. The van der Waals surface area contributed by atoms with E-state index in [2.05, 4.69) is 10.3 Å². The first-order valence-corrected chi connectivity index (χ1v) is 3.33. The SMILES string of the molecule is Cc1csc(NC=O)n1.[HH]. The number of hydrogen-bond acceptors (Lipinski definition) is 3. The van der Waals surface area contributed by atoms with Gasteiger partial charge in [0.2, 0.25) is 6.41 Å². The maximum Gasteiger partial charge on any atom is 0.213 e. The molecule has 0 saturated heterocycles. The molecule has 3 nitrogen and oxygen atoms in total. The normalized spacial score (nSPS) is 9.00. The third-order valence-electron chi connectivity index (χ3n) is 0.801. The van der Waals surface area contributed by atoms with Crippen LogP contribution in [0, 0.1) is 6.92 Å². The maximum atomic E-state index is 9.84. The van der Waals surface area contributed by atoms with Gasteiger partial charge in [0.05, 0.1) is 5.69 Å². The molecule has 1 N–H and O–H groups in total. The number of nitrogens with one attached hydrogen (secondary N) is 1. The lowest BCUT2D eigenvalue weighted by Crippen LogP contribution is -1.91. The van der Waals surface area contributed by atoms with Gasteiger partial charge in [-0.05, 0) is 6.92 Å². The minimum atomic E-state index is 0. The Balaban J connectivity index is 0.000000810. The zero-order valence-electron chi connectivity index (χ0n) is 4.92. The van der Waals surface area contributed by atoms with Crippen LogP contribution in [-0.2, 0) is 4.79 Å². The third-order valence-corrected chi connectivity index (χ3v) is 1.69. The van der Waals surface area contributed by atoms with Gasteiger partial charge in [-0.2, -0.15) is 0 Å². The number of aromatic nitrogens is 1. The minimum Gasteiger partial charge on any atom is -0.305 e. The molecule has 0 spiro atoms. The molecule has 0 aliphatic heterocycles. The Morgan fingerprint density at radius 2 is 2.78 bits per heavy atom. The summed E-state index contributed by atoms with van der Waals surface area (Å²) >= 11 is 1.42. The number of carbonyl (C=O) groups excluding carboxylic acids is 1. The number of anilines is 1. The molecule has 1 amide bonds. The van der Waals surface area contributed by atoms with E-state index < -0.39 is 0 Å². The molecule has 1 rings (SSSR count). The van der Waals surface area contributed by atoms with E-state index in [1.54, 1.807) is 0 Å². The van der Waals surface area contributed by atoms with Crippen molar-refractivity contribution in [3.63, 3.8) is 0 Å². The van der Waals surface area contributed by atoms with Gasteiger partial charge in [-0.15, -0.1) is 11.3 Å². The fourth-order valence-corrected chi connectivity index (χ4v) is 1.12. The Bertz CT molecular complexity index is 213. The van der Waals surface area contributed by atoms with Gasteiger partial charge in [-0.3, -0.25) is 4.79 Å². The molecule has 50 valence electrons. The van der Waals surface area contributed by atoms with Crippen LogP contribution >= 0.6 is 11.3 Å². The summed E-state index contributed by atoms with van der Waals surface area (Å²) in [6, 6.07) is 0. The van der Waals surface area contributed by atoms with Gasteiger partial charge in [0, 0.05) is 6.81 Å². The van der Waals surface area contributed by atoms with E-state index in [1.165, 1.54) is 11.3 Å². The van der Waals surface area contributed by atoms with Crippen molar-refractivity contribution in [2.75, 3.05) is 5.32 Å². The van der Waals surface area contributed by atoms with E-state index in [-0.39, 0.29) is 1.43 Å². The molecular weight excluding hydrogens is 136 g/mol. The molecule has 0 radical (unpaired) electrons. The van der Waals surface area contributed by atoms with Crippen LogP contribution in [0.5, 0.6) is 0 Å². The predicted octanol–water partition coefficient (Wildman–Crippen LogP) is 1.27. The lowest BCUT2D eigenvalue weighted by molar-refractivity contribution is -0.105. The Morgan fingerprint density at radius 1 is 2.00 bits per heavy atom. The molecule has 0 atom stereocenters. The highest BCUT2D eigenvalue weighted by molar-refractivity contribution is 7.13. The van der Waals surface area contributed by atoms with Crippen molar-refractivity contribution < 1.29 is 6.22 Å². The summed E-state index contributed by atoms with van der Waals surface area (Å²) in [5.74, 6) is 0. The van der Waals surface area contributed by atoms with E-state index in [0.29, 0.717) is 11.5 Å². The van der Waals surface area contributed by atoms with E-state index in [1.807, 2.05) is 12.3 Å². The Morgan fingerprint density at radius 3 is 3.22 bits per heavy atom. The van der Waals surface area contributed by atoms with Crippen LogP contribution in [-0.4, -0.2) is 11.4 Å². The fourth-order valence-electron chi connectivity index (χ4n) is 0.471. The Labute approximate surface area is 58.2 Å². The Hall–Kier alpha value is -0.900. The second-order valence-electron chi connectivity index (χ2n) is 1.56. The van der Waals surface area contributed by atoms with Gasteiger partial charge in [-0.25, -0.2) is 4.98 Å². The quantitative estimate of drug-likeness (QED) is 0.635. The topological polar surface area (TPSA) is 42.0 Å². The smallest absolute Gasteiger partial charge is 0.213 e. The largest absolute Gasteiger partial charge is 0.305 e. The van der Waals surface area contributed by atoms with E-state index in [0.717, 1.165) is 5.69 Å². The zero-order valence-corrected chi connectivity index (χ0v) is 5.73. The summed E-state index contributed by atoms with van der Waals surface area (Å²) < 4.78 is 0. The average Bonchev–Trinajstić information content (AvgIpc) is 2.17. The fraction of sp³-hybridized carbons (Fsp3) is 0.200. The average molecular weight is 144 g/mol. The molecule has 1 aromatic rings. The summed E-state index contributed by atoms with van der Waals surface area (Å²) in [5.41, 5.74) is 0.935. The highest BCUT2D eigenvalue weighted by Crippen LogP contribution is 2.12. The lowest BCUT2D eigenvalue weighted by atomic mass is 10.6. The van der Waals surface area contributed by atoms with Crippen LogP contribution in [0.4, 0.5) is 5.13 Å². The van der Waals surface area contributed by atoms with Crippen molar-refractivity contribution in [2.45, 2.75) is 6.92 Å². The lowest BCUT2D eigenvalue weighted by Gasteiger charge is -1.84. The highest BCUT2D eigenvalue weighted by atomic mass is 32.1. The molecule has 4 heteroatoms. The molecule has 0 fully saturated rings. The second kappa shape index (κ2) is 2.59. The van der Waals surface area contributed by atoms with E-state index in [4.69, 9.17) is 0 Å². The summed E-state index contributed by atoms with van der Waals surface area (Å²) in [6.45, 7) is 1.88. The number of nitrogens with zero attached hydrogens (tertiary/aromatic N) is 1. The molecule has 1 heterocycles. The van der Waals surface area contributed by atoms with Crippen LogP contribution in [0.2, 0.25) is 0 Å². The minimum absolute atomic E-state index is 0. The number of carbonyl (C=O) groups is 1. The number of amides is 1. The molecule has 0 bridgehead atoms. The summed E-state index contributed by atoms with van der Waals surface area (Å²) in [4.78, 5) is 13.8. The summed E-state index contributed by atoms with van der Waals surface area (Å²) in [5, 5.41) is 4.99. The monoisotopic (exact) mass is 144 g/mol. The van der Waals surface area contributed by atoms with Crippen molar-refractivity contribution in [2.24, 2.45) is 0 Å². The van der Waals surface area contributed by atoms with Gasteiger partial charge < -0.3 is 5.32 Å². The molecule has 0 aliphatic carbocycles. The van der Waals surface area contributed by atoms with Crippen molar-refractivity contribution in [1.82, 2.24) is 4.98 Å². The number of thiazole rings is 1. The van der Waals surface area contributed by atoms with Crippen LogP contribution in [0.1, 0.15) is 7.12 Å².